The number of para-hydroxylation sites is 1. The highest BCUT2D eigenvalue weighted by atomic mass is 16.5. The van der Waals surface area contributed by atoms with E-state index in [-0.39, 0.29) is 11.8 Å². The lowest BCUT2D eigenvalue weighted by atomic mass is 9.95. The number of hydrogen-bond donors (Lipinski definition) is 1. The predicted molar refractivity (Wildman–Crippen MR) is 130 cm³/mol. The lowest BCUT2D eigenvalue weighted by molar-refractivity contribution is -0.134. The van der Waals surface area contributed by atoms with Gasteiger partial charge < -0.3 is 19.2 Å². The summed E-state index contributed by atoms with van der Waals surface area (Å²) < 4.78 is 7.61. The van der Waals surface area contributed by atoms with E-state index in [1.807, 2.05) is 69.0 Å². The van der Waals surface area contributed by atoms with Crippen LogP contribution in [0.15, 0.2) is 54.9 Å². The monoisotopic (exact) mass is 442 g/mol. The minimum absolute atomic E-state index is 0.295. The molecule has 7 nitrogen and oxygen atoms in total. The number of amides is 2. The Labute approximate surface area is 191 Å². The number of nitrogens with one attached hydrogen (secondary N) is 1. The molecule has 2 amide bonds. The second kappa shape index (κ2) is 7.94. The van der Waals surface area contributed by atoms with E-state index in [4.69, 9.17) is 4.74 Å². The molecule has 1 N–H and O–H groups in total. The molecule has 0 unspecified atom stereocenters. The molecule has 2 aromatic heterocycles. The molecule has 0 bridgehead atoms. The van der Waals surface area contributed by atoms with Crippen molar-refractivity contribution in [3.8, 4) is 5.75 Å². The van der Waals surface area contributed by atoms with Crippen LogP contribution in [0.2, 0.25) is 0 Å². The number of benzene rings is 2. The highest BCUT2D eigenvalue weighted by molar-refractivity contribution is 6.50. The zero-order valence-corrected chi connectivity index (χ0v) is 19.2. The van der Waals surface area contributed by atoms with Gasteiger partial charge in [-0.1, -0.05) is 18.2 Å². The SMILES string of the molecule is COc1ccc2c(c1)c(C1=C(c3c[nH]c4ccccc34)C(=O)N(C)C1=O)cn2CCN(C)C. The predicted octanol–water partition coefficient (Wildman–Crippen LogP) is 3.60. The van der Waals surface area contributed by atoms with Crippen LogP contribution in [0.3, 0.4) is 0 Å². The Bertz CT molecular complexity index is 1440. The first-order chi connectivity index (χ1) is 15.9. The number of carbonyl (C=O) groups is 2. The highest BCUT2D eigenvalue weighted by Gasteiger charge is 2.39. The number of imide groups is 1. The number of nitrogens with zero attached hydrogens (tertiary/aromatic N) is 3. The molecule has 0 spiro atoms. The molecule has 0 fully saturated rings. The average molecular weight is 443 g/mol. The first-order valence-corrected chi connectivity index (χ1v) is 10.9. The van der Waals surface area contributed by atoms with E-state index < -0.39 is 0 Å². The molecular weight excluding hydrogens is 416 g/mol. The van der Waals surface area contributed by atoms with Gasteiger partial charge in [-0.25, -0.2) is 0 Å². The van der Waals surface area contributed by atoms with E-state index in [0.29, 0.717) is 16.9 Å². The Morgan fingerprint density at radius 2 is 1.70 bits per heavy atom. The molecule has 7 heteroatoms. The largest absolute Gasteiger partial charge is 0.497 e. The topological polar surface area (TPSA) is 70.6 Å². The number of H-pyrrole nitrogens is 1. The molecule has 0 saturated carbocycles. The summed E-state index contributed by atoms with van der Waals surface area (Å²) in [6.45, 7) is 1.60. The average Bonchev–Trinajstić information content (AvgIpc) is 3.46. The second-order valence-electron chi connectivity index (χ2n) is 8.59. The zero-order valence-electron chi connectivity index (χ0n) is 19.2. The van der Waals surface area contributed by atoms with Gasteiger partial charge in [0.2, 0.25) is 0 Å². The molecular formula is C26H26N4O3. The van der Waals surface area contributed by atoms with Crippen LogP contribution >= 0.6 is 0 Å². The van der Waals surface area contributed by atoms with Gasteiger partial charge >= 0.3 is 0 Å². The van der Waals surface area contributed by atoms with Crippen molar-refractivity contribution in [2.24, 2.45) is 0 Å². The number of aromatic nitrogens is 2. The summed E-state index contributed by atoms with van der Waals surface area (Å²) >= 11 is 0. The van der Waals surface area contributed by atoms with Gasteiger partial charge in [-0.05, 0) is 38.4 Å². The molecule has 5 rings (SSSR count). The molecule has 168 valence electrons. The van der Waals surface area contributed by atoms with Crippen molar-refractivity contribution in [1.29, 1.82) is 0 Å². The summed E-state index contributed by atoms with van der Waals surface area (Å²) in [5.41, 5.74) is 4.24. The lowest BCUT2D eigenvalue weighted by Crippen LogP contribution is -2.26. The van der Waals surface area contributed by atoms with Gasteiger partial charge in [0.25, 0.3) is 11.8 Å². The van der Waals surface area contributed by atoms with Gasteiger partial charge in [-0.3, -0.25) is 14.5 Å². The number of ether oxygens (including phenoxy) is 1. The van der Waals surface area contributed by atoms with Crippen molar-refractivity contribution in [3.63, 3.8) is 0 Å². The van der Waals surface area contributed by atoms with Gasteiger partial charge in [0.15, 0.2) is 0 Å². The number of methoxy groups -OCH3 is 1. The summed E-state index contributed by atoms with van der Waals surface area (Å²) in [7, 11) is 7.22. The number of likely N-dealkylation sites (N-methyl/N-ethyl adjacent to an activating group) is 2. The molecule has 1 aliphatic heterocycles. The van der Waals surface area contributed by atoms with Crippen LogP contribution in [0.5, 0.6) is 5.75 Å². The van der Waals surface area contributed by atoms with Crippen molar-refractivity contribution in [2.45, 2.75) is 6.54 Å². The van der Waals surface area contributed by atoms with Crippen molar-refractivity contribution in [3.05, 3.63) is 66.0 Å². The minimum atomic E-state index is -0.297. The Hall–Kier alpha value is -3.84. The van der Waals surface area contributed by atoms with Crippen molar-refractivity contribution in [1.82, 2.24) is 19.4 Å². The Kier molecular flexibility index (Phi) is 5.06. The standard InChI is InChI=1S/C26H26N4O3/c1-28(2)11-12-30-15-20(18-13-16(33-4)9-10-22(18)30)24-23(25(31)29(3)26(24)32)19-14-27-21-8-6-5-7-17(19)21/h5-10,13-15,27H,11-12H2,1-4H3. The zero-order chi connectivity index (χ0) is 23.3. The van der Waals surface area contributed by atoms with Gasteiger partial charge in [0.05, 0.1) is 18.3 Å². The fraction of sp³-hybridized carbons (Fsp3) is 0.231. The third-order valence-corrected chi connectivity index (χ3v) is 6.29. The molecule has 33 heavy (non-hydrogen) atoms. The van der Waals surface area contributed by atoms with Crippen molar-refractivity contribution < 1.29 is 14.3 Å². The number of fused-ring (bicyclic) bond motifs is 2. The number of hydrogen-bond acceptors (Lipinski definition) is 4. The van der Waals surface area contributed by atoms with Crippen molar-refractivity contribution in [2.75, 3.05) is 34.8 Å². The van der Waals surface area contributed by atoms with Crippen LogP contribution in [-0.2, 0) is 16.1 Å². The van der Waals surface area contributed by atoms with E-state index >= 15 is 0 Å². The summed E-state index contributed by atoms with van der Waals surface area (Å²) in [6.07, 6.45) is 3.80. The van der Waals surface area contributed by atoms with Crippen LogP contribution in [0.4, 0.5) is 0 Å². The number of rotatable bonds is 6. The van der Waals surface area contributed by atoms with Crippen LogP contribution in [0.1, 0.15) is 11.1 Å². The van der Waals surface area contributed by atoms with Crippen LogP contribution < -0.4 is 4.74 Å². The van der Waals surface area contributed by atoms with Crippen molar-refractivity contribution >= 4 is 44.8 Å². The van der Waals surface area contributed by atoms with Gasteiger partial charge in [-0.2, -0.15) is 0 Å². The lowest BCUT2D eigenvalue weighted by Gasteiger charge is -2.11. The van der Waals surface area contributed by atoms with E-state index in [1.165, 1.54) is 4.90 Å². The second-order valence-corrected chi connectivity index (χ2v) is 8.59. The Morgan fingerprint density at radius 1 is 0.970 bits per heavy atom. The number of aromatic amines is 1. The maximum atomic E-state index is 13.4. The molecule has 0 radical (unpaired) electrons. The smallest absolute Gasteiger partial charge is 0.261 e. The normalized spacial score (nSPS) is 14.5. The first-order valence-electron chi connectivity index (χ1n) is 10.9. The maximum absolute atomic E-state index is 13.4. The third-order valence-electron chi connectivity index (χ3n) is 6.29. The van der Waals surface area contributed by atoms with E-state index in [1.54, 1.807) is 14.2 Å². The molecule has 0 aliphatic carbocycles. The van der Waals surface area contributed by atoms with Gasteiger partial charge in [0.1, 0.15) is 5.75 Å². The summed E-state index contributed by atoms with van der Waals surface area (Å²) in [4.78, 5) is 33.3. The van der Waals surface area contributed by atoms with E-state index in [2.05, 4.69) is 14.5 Å². The molecule has 3 heterocycles. The third kappa shape index (κ3) is 3.32. The summed E-state index contributed by atoms with van der Waals surface area (Å²) in [5.74, 6) is 0.111. The fourth-order valence-electron chi connectivity index (χ4n) is 4.51. The molecule has 4 aromatic rings. The first kappa shape index (κ1) is 21.0. The highest BCUT2D eigenvalue weighted by Crippen LogP contribution is 2.41. The Morgan fingerprint density at radius 3 is 2.42 bits per heavy atom. The molecule has 1 aliphatic rings. The summed E-state index contributed by atoms with van der Waals surface area (Å²) in [6, 6.07) is 13.7. The van der Waals surface area contributed by atoms with E-state index in [0.717, 1.165) is 46.0 Å². The quantitative estimate of drug-likeness (QED) is 0.463. The minimum Gasteiger partial charge on any atom is -0.497 e. The van der Waals surface area contributed by atoms with Gasteiger partial charge in [0, 0.05) is 65.5 Å². The van der Waals surface area contributed by atoms with E-state index in [9.17, 15) is 9.59 Å². The molecule has 2 aromatic carbocycles. The maximum Gasteiger partial charge on any atom is 0.261 e. The van der Waals surface area contributed by atoms with Crippen LogP contribution in [-0.4, -0.2) is 66.0 Å². The van der Waals surface area contributed by atoms with Gasteiger partial charge in [-0.15, -0.1) is 0 Å². The van der Waals surface area contributed by atoms with Crippen LogP contribution in [0.25, 0.3) is 33.0 Å². The molecule has 0 atom stereocenters. The number of carbonyl (C=O) groups excluding carboxylic acids is 2. The fourth-order valence-corrected chi connectivity index (χ4v) is 4.51. The van der Waals surface area contributed by atoms with Crippen LogP contribution in [0, 0.1) is 0 Å². The molecule has 0 saturated heterocycles. The summed E-state index contributed by atoms with van der Waals surface area (Å²) in [5, 5.41) is 1.80. The Balaban J connectivity index is 1.80.